The number of anilines is 2. The number of benzene rings is 1. The molecule has 1 saturated carbocycles. The lowest BCUT2D eigenvalue weighted by Gasteiger charge is -2.30. The molecule has 1 fully saturated rings. The second-order valence-corrected chi connectivity index (χ2v) is 10.1. The fourth-order valence-electron chi connectivity index (χ4n) is 3.95. The van der Waals surface area contributed by atoms with Gasteiger partial charge in [0.2, 0.25) is 0 Å². The number of aromatic nitrogens is 1. The van der Waals surface area contributed by atoms with Gasteiger partial charge in [0.25, 0.3) is 5.91 Å². The molecule has 158 valence electrons. The summed E-state index contributed by atoms with van der Waals surface area (Å²) in [7, 11) is 4.10. The lowest BCUT2D eigenvalue weighted by molar-refractivity contribution is 0.0927. The zero-order chi connectivity index (χ0) is 21.3. The Labute approximate surface area is 190 Å². The summed E-state index contributed by atoms with van der Waals surface area (Å²) in [6, 6.07) is 12.4. The number of carbonyl (C=O) groups is 1. The Kier molecular flexibility index (Phi) is 6.37. The molecule has 2 aromatic heterocycles. The fraction of sp³-hybridized carbons (Fsp3) is 0.364. The van der Waals surface area contributed by atoms with Crippen molar-refractivity contribution in [3.8, 4) is 0 Å². The second kappa shape index (κ2) is 9.00. The van der Waals surface area contributed by atoms with Crippen LogP contribution < -0.4 is 15.5 Å². The molecule has 0 atom stereocenters. The van der Waals surface area contributed by atoms with Gasteiger partial charge in [-0.05, 0) is 37.8 Å². The number of nitrogens with one attached hydrogen (secondary N) is 2. The molecule has 30 heavy (non-hydrogen) atoms. The van der Waals surface area contributed by atoms with Gasteiger partial charge in [0.1, 0.15) is 10.2 Å². The van der Waals surface area contributed by atoms with Crippen molar-refractivity contribution < 1.29 is 4.79 Å². The first-order valence-corrected chi connectivity index (χ1v) is 11.6. The van der Waals surface area contributed by atoms with E-state index in [1.165, 1.54) is 11.3 Å². The van der Waals surface area contributed by atoms with Crippen LogP contribution in [0.5, 0.6) is 0 Å². The molecule has 4 rings (SSSR count). The zero-order valence-corrected chi connectivity index (χ0v) is 19.2. The van der Waals surface area contributed by atoms with E-state index in [9.17, 15) is 4.79 Å². The van der Waals surface area contributed by atoms with Crippen LogP contribution in [0.1, 0.15) is 36.0 Å². The Balaban J connectivity index is 1.38. The summed E-state index contributed by atoms with van der Waals surface area (Å²) in [5.41, 5.74) is 2.59. The van der Waals surface area contributed by atoms with Gasteiger partial charge in [-0.3, -0.25) is 4.79 Å². The molecule has 1 aliphatic carbocycles. The van der Waals surface area contributed by atoms with E-state index in [4.69, 9.17) is 28.2 Å². The number of carbonyl (C=O) groups excluding carboxylic acids is 1. The molecule has 2 N–H and O–H groups in total. The topological polar surface area (TPSA) is 57.3 Å². The lowest BCUT2D eigenvalue weighted by atomic mass is 9.91. The van der Waals surface area contributed by atoms with Crippen LogP contribution in [0.2, 0.25) is 8.67 Å². The summed E-state index contributed by atoms with van der Waals surface area (Å²) >= 11 is 13.3. The SMILES string of the molecule is CN(C)c1cc(NC2CCC(NC(=O)c3cc(Cl)sc3Cl)CC2)nc2ccccc12. The van der Waals surface area contributed by atoms with E-state index < -0.39 is 0 Å². The molecule has 0 saturated heterocycles. The van der Waals surface area contributed by atoms with Crippen LogP contribution in [-0.2, 0) is 0 Å². The van der Waals surface area contributed by atoms with Crippen molar-refractivity contribution in [2.24, 2.45) is 0 Å². The van der Waals surface area contributed by atoms with Gasteiger partial charge >= 0.3 is 0 Å². The average molecular weight is 463 g/mol. The zero-order valence-electron chi connectivity index (χ0n) is 16.9. The van der Waals surface area contributed by atoms with Crippen LogP contribution in [0.4, 0.5) is 11.5 Å². The molecule has 2 heterocycles. The first-order chi connectivity index (χ1) is 14.4. The highest BCUT2D eigenvalue weighted by molar-refractivity contribution is 7.20. The largest absolute Gasteiger partial charge is 0.377 e. The number of hydrogen-bond donors (Lipinski definition) is 2. The maximum atomic E-state index is 12.5. The third-order valence-corrected chi connectivity index (χ3v) is 6.98. The summed E-state index contributed by atoms with van der Waals surface area (Å²) < 4.78 is 0.963. The van der Waals surface area contributed by atoms with E-state index in [1.807, 2.05) is 32.3 Å². The summed E-state index contributed by atoms with van der Waals surface area (Å²) in [6.07, 6.45) is 3.75. The number of fused-ring (bicyclic) bond motifs is 1. The number of pyridine rings is 1. The predicted octanol–water partition coefficient (Wildman–Crippen LogP) is 5.82. The molecule has 3 aromatic rings. The van der Waals surface area contributed by atoms with E-state index in [2.05, 4.69) is 27.7 Å². The summed E-state index contributed by atoms with van der Waals surface area (Å²) in [6.45, 7) is 0. The molecular weight excluding hydrogens is 439 g/mol. The molecule has 0 bridgehead atoms. The Morgan fingerprint density at radius 1 is 1.10 bits per heavy atom. The molecule has 1 aliphatic rings. The van der Waals surface area contributed by atoms with Crippen molar-refractivity contribution in [2.75, 3.05) is 24.3 Å². The highest BCUT2D eigenvalue weighted by Gasteiger charge is 2.24. The third kappa shape index (κ3) is 4.66. The number of amides is 1. The number of nitrogens with zero attached hydrogens (tertiary/aromatic N) is 2. The van der Waals surface area contributed by atoms with E-state index in [1.54, 1.807) is 6.07 Å². The van der Waals surface area contributed by atoms with Gasteiger partial charge in [0.05, 0.1) is 15.4 Å². The smallest absolute Gasteiger partial charge is 0.253 e. The monoisotopic (exact) mass is 462 g/mol. The number of thiophene rings is 1. The van der Waals surface area contributed by atoms with Gasteiger partial charge in [0, 0.05) is 43.3 Å². The van der Waals surface area contributed by atoms with Crippen LogP contribution in [0.25, 0.3) is 10.9 Å². The Bertz CT molecular complexity index is 1060. The van der Waals surface area contributed by atoms with Crippen LogP contribution >= 0.6 is 34.5 Å². The van der Waals surface area contributed by atoms with Crippen LogP contribution in [0.3, 0.4) is 0 Å². The first kappa shape index (κ1) is 21.2. The number of rotatable bonds is 5. The minimum absolute atomic E-state index is 0.146. The average Bonchev–Trinajstić information content (AvgIpc) is 3.07. The second-order valence-electron chi connectivity index (χ2n) is 7.84. The van der Waals surface area contributed by atoms with Gasteiger partial charge < -0.3 is 15.5 Å². The number of halogens is 2. The third-order valence-electron chi connectivity index (χ3n) is 5.49. The molecule has 8 heteroatoms. The minimum Gasteiger partial charge on any atom is -0.377 e. The summed E-state index contributed by atoms with van der Waals surface area (Å²) in [5, 5.41) is 7.84. The summed E-state index contributed by atoms with van der Waals surface area (Å²) in [4.78, 5) is 19.4. The van der Waals surface area contributed by atoms with E-state index in [0.717, 1.165) is 48.1 Å². The van der Waals surface area contributed by atoms with E-state index in [0.29, 0.717) is 20.3 Å². The van der Waals surface area contributed by atoms with E-state index in [-0.39, 0.29) is 11.9 Å². The minimum atomic E-state index is -0.147. The maximum Gasteiger partial charge on any atom is 0.253 e. The molecule has 0 unspecified atom stereocenters. The number of para-hydroxylation sites is 1. The van der Waals surface area contributed by atoms with Gasteiger partial charge in [0.15, 0.2) is 0 Å². The van der Waals surface area contributed by atoms with Crippen molar-refractivity contribution in [1.82, 2.24) is 10.3 Å². The number of hydrogen-bond acceptors (Lipinski definition) is 5. The fourth-order valence-corrected chi connectivity index (χ4v) is 5.41. The van der Waals surface area contributed by atoms with Gasteiger partial charge in [-0.25, -0.2) is 4.98 Å². The van der Waals surface area contributed by atoms with Crippen LogP contribution in [0.15, 0.2) is 36.4 Å². The normalized spacial score (nSPS) is 18.9. The Morgan fingerprint density at radius 3 is 2.47 bits per heavy atom. The Morgan fingerprint density at radius 2 is 1.80 bits per heavy atom. The van der Waals surface area contributed by atoms with Crippen molar-refractivity contribution in [1.29, 1.82) is 0 Å². The highest BCUT2D eigenvalue weighted by atomic mass is 35.5. The summed E-state index contributed by atoms with van der Waals surface area (Å²) in [5.74, 6) is 0.746. The van der Waals surface area contributed by atoms with Crippen molar-refractivity contribution in [2.45, 2.75) is 37.8 Å². The van der Waals surface area contributed by atoms with Crippen LogP contribution in [0, 0.1) is 0 Å². The molecule has 0 spiro atoms. The molecule has 5 nitrogen and oxygen atoms in total. The maximum absolute atomic E-state index is 12.5. The molecule has 1 aromatic carbocycles. The van der Waals surface area contributed by atoms with Gasteiger partial charge in [-0.1, -0.05) is 41.4 Å². The lowest BCUT2D eigenvalue weighted by Crippen LogP contribution is -2.40. The van der Waals surface area contributed by atoms with E-state index >= 15 is 0 Å². The van der Waals surface area contributed by atoms with Crippen LogP contribution in [-0.4, -0.2) is 37.1 Å². The molecule has 0 aliphatic heterocycles. The van der Waals surface area contributed by atoms with Crippen molar-refractivity contribution >= 4 is 62.9 Å². The molecule has 0 radical (unpaired) electrons. The Hall–Kier alpha value is -2.02. The first-order valence-electron chi connectivity index (χ1n) is 10.00. The molecular formula is C22H24Cl2N4OS. The van der Waals surface area contributed by atoms with Gasteiger partial charge in [-0.15, -0.1) is 11.3 Å². The quantitative estimate of drug-likeness (QED) is 0.501. The van der Waals surface area contributed by atoms with Crippen molar-refractivity contribution in [3.63, 3.8) is 0 Å². The molecule has 1 amide bonds. The highest BCUT2D eigenvalue weighted by Crippen LogP contribution is 2.32. The van der Waals surface area contributed by atoms with Crippen molar-refractivity contribution in [3.05, 3.63) is 50.6 Å². The van der Waals surface area contributed by atoms with Gasteiger partial charge in [-0.2, -0.15) is 0 Å². The standard InChI is InChI=1S/C22H24Cl2N4OS/c1-28(2)18-12-20(27-17-6-4-3-5-15(17)18)25-13-7-9-14(10-8-13)26-22(29)16-11-19(23)30-21(16)24/h3-6,11-14H,7-10H2,1-2H3,(H,25,27)(H,26,29). The predicted molar refractivity (Wildman–Crippen MR) is 128 cm³/mol.